The monoisotopic (exact) mass is 235 g/mol. The third-order valence-electron chi connectivity index (χ3n) is 1.47. The lowest BCUT2D eigenvalue weighted by Gasteiger charge is -1.99. The number of rotatable bonds is 3. The molecule has 5 nitrogen and oxygen atoms in total. The van der Waals surface area contributed by atoms with Crippen molar-refractivity contribution in [2.45, 2.75) is 5.75 Å². The summed E-state index contributed by atoms with van der Waals surface area (Å²) in [5, 5.41) is 6.48. The summed E-state index contributed by atoms with van der Waals surface area (Å²) in [6, 6.07) is 1.54. The van der Waals surface area contributed by atoms with Gasteiger partial charge in [0.05, 0.1) is 12.9 Å². The van der Waals surface area contributed by atoms with E-state index in [1.807, 2.05) is 0 Å². The summed E-state index contributed by atoms with van der Waals surface area (Å²) in [5.41, 5.74) is 0.379. The van der Waals surface area contributed by atoms with Crippen molar-refractivity contribution in [3.05, 3.63) is 21.9 Å². The molecule has 0 bridgehead atoms. The number of carbonyl (C=O) groups is 1. The molecule has 0 fully saturated rings. The van der Waals surface area contributed by atoms with Gasteiger partial charge in [-0.1, -0.05) is 0 Å². The number of sulfonamides is 1. The minimum Gasteiger partial charge on any atom is -0.465 e. The maximum absolute atomic E-state index is 11.1. The Kier molecular flexibility index (Phi) is 3.25. The normalized spacial score (nSPS) is 11.3. The molecule has 1 heterocycles. The smallest absolute Gasteiger partial charge is 0.348 e. The van der Waals surface area contributed by atoms with E-state index in [-0.39, 0.29) is 10.6 Å². The summed E-state index contributed by atoms with van der Waals surface area (Å²) >= 11 is 1.13. The van der Waals surface area contributed by atoms with Crippen LogP contribution in [-0.2, 0) is 20.5 Å². The largest absolute Gasteiger partial charge is 0.465 e. The van der Waals surface area contributed by atoms with Gasteiger partial charge in [0.2, 0.25) is 10.0 Å². The summed E-state index contributed by atoms with van der Waals surface area (Å²) in [6.45, 7) is 0. The predicted octanol–water partition coefficient (Wildman–Crippen LogP) is 0.323. The molecule has 1 aromatic rings. The Hall–Kier alpha value is -0.920. The van der Waals surface area contributed by atoms with Crippen molar-refractivity contribution < 1.29 is 17.9 Å². The number of ether oxygens (including phenoxy) is 1. The number of hydrogen-bond donors (Lipinski definition) is 1. The lowest BCUT2D eigenvalue weighted by Crippen LogP contribution is -2.15. The van der Waals surface area contributed by atoms with E-state index >= 15 is 0 Å². The molecule has 14 heavy (non-hydrogen) atoms. The minimum absolute atomic E-state index is 0.279. The molecule has 0 saturated heterocycles. The van der Waals surface area contributed by atoms with Gasteiger partial charge in [0.25, 0.3) is 0 Å². The molecule has 0 radical (unpaired) electrons. The van der Waals surface area contributed by atoms with Crippen molar-refractivity contribution >= 4 is 27.3 Å². The summed E-state index contributed by atoms with van der Waals surface area (Å²) in [6.07, 6.45) is 0. The van der Waals surface area contributed by atoms with Gasteiger partial charge in [-0.15, -0.1) is 11.3 Å². The predicted molar refractivity (Wildman–Crippen MR) is 52.5 cm³/mol. The highest BCUT2D eigenvalue weighted by atomic mass is 32.2. The Morgan fingerprint density at radius 1 is 1.64 bits per heavy atom. The third kappa shape index (κ3) is 2.79. The van der Waals surface area contributed by atoms with Crippen LogP contribution in [0.5, 0.6) is 0 Å². The molecule has 0 aliphatic rings. The third-order valence-corrected chi connectivity index (χ3v) is 3.12. The van der Waals surface area contributed by atoms with E-state index in [4.69, 9.17) is 5.14 Å². The van der Waals surface area contributed by atoms with E-state index in [1.165, 1.54) is 7.11 Å². The number of esters is 1. The van der Waals surface area contributed by atoms with Crippen LogP contribution in [0, 0.1) is 0 Å². The molecule has 7 heteroatoms. The topological polar surface area (TPSA) is 86.5 Å². The maximum atomic E-state index is 11.1. The van der Waals surface area contributed by atoms with Gasteiger partial charge in [-0.2, -0.15) is 0 Å². The zero-order valence-electron chi connectivity index (χ0n) is 7.39. The zero-order valence-corrected chi connectivity index (χ0v) is 9.02. The lowest BCUT2D eigenvalue weighted by molar-refractivity contribution is 0.0605. The first kappa shape index (κ1) is 11.2. The van der Waals surface area contributed by atoms with Gasteiger partial charge >= 0.3 is 5.97 Å². The Morgan fingerprint density at radius 2 is 2.29 bits per heavy atom. The van der Waals surface area contributed by atoms with Crippen LogP contribution in [0.2, 0.25) is 0 Å². The molecule has 0 amide bonds. The molecule has 0 saturated carbocycles. The first-order valence-corrected chi connectivity index (χ1v) is 6.18. The standard InChI is InChI=1S/C7H9NO4S2/c1-12-7(9)6-5(2-3-13-6)4-14(8,10)11/h2-3H,4H2,1H3,(H2,8,10,11). The van der Waals surface area contributed by atoms with E-state index < -0.39 is 16.0 Å². The Bertz CT molecular complexity index is 434. The fraction of sp³-hybridized carbons (Fsp3) is 0.286. The van der Waals surface area contributed by atoms with Crippen LogP contribution in [0.3, 0.4) is 0 Å². The summed E-state index contributed by atoms with van der Waals surface area (Å²) < 4.78 is 26.1. The molecule has 2 N–H and O–H groups in total. The highest BCUT2D eigenvalue weighted by Gasteiger charge is 2.16. The van der Waals surface area contributed by atoms with Crippen molar-refractivity contribution in [1.29, 1.82) is 0 Å². The van der Waals surface area contributed by atoms with Crippen molar-refractivity contribution in [3.63, 3.8) is 0 Å². The maximum Gasteiger partial charge on any atom is 0.348 e. The molecular weight excluding hydrogens is 226 g/mol. The van der Waals surface area contributed by atoms with Gasteiger partial charge in [-0.3, -0.25) is 0 Å². The van der Waals surface area contributed by atoms with Gasteiger partial charge in [-0.05, 0) is 17.0 Å². The van der Waals surface area contributed by atoms with Crippen molar-refractivity contribution in [1.82, 2.24) is 0 Å². The first-order chi connectivity index (χ1) is 6.44. The van der Waals surface area contributed by atoms with Crippen LogP contribution >= 0.6 is 11.3 Å². The van der Waals surface area contributed by atoms with Crippen LogP contribution < -0.4 is 5.14 Å². The molecule has 0 aromatic carbocycles. The second kappa shape index (κ2) is 4.07. The Labute approximate surface area is 85.5 Å². The molecule has 0 unspecified atom stereocenters. The molecular formula is C7H9NO4S2. The fourth-order valence-electron chi connectivity index (χ4n) is 0.938. The quantitative estimate of drug-likeness (QED) is 0.764. The van der Waals surface area contributed by atoms with Gasteiger partial charge in [0.1, 0.15) is 4.88 Å². The SMILES string of the molecule is COC(=O)c1sccc1CS(N)(=O)=O. The van der Waals surface area contributed by atoms with E-state index in [2.05, 4.69) is 4.74 Å². The number of hydrogen-bond acceptors (Lipinski definition) is 5. The number of primary sulfonamides is 1. The van der Waals surface area contributed by atoms with Crippen LogP contribution in [0.1, 0.15) is 15.2 Å². The van der Waals surface area contributed by atoms with Crippen LogP contribution in [-0.4, -0.2) is 21.5 Å². The number of nitrogens with two attached hydrogens (primary N) is 1. The van der Waals surface area contributed by atoms with Crippen LogP contribution in [0.15, 0.2) is 11.4 Å². The highest BCUT2D eigenvalue weighted by Crippen LogP contribution is 2.19. The van der Waals surface area contributed by atoms with Crippen LogP contribution in [0.4, 0.5) is 0 Å². The fourth-order valence-corrected chi connectivity index (χ4v) is 2.54. The van der Waals surface area contributed by atoms with E-state index in [0.29, 0.717) is 5.56 Å². The van der Waals surface area contributed by atoms with Gasteiger partial charge in [0.15, 0.2) is 0 Å². The van der Waals surface area contributed by atoms with E-state index in [1.54, 1.807) is 11.4 Å². The Morgan fingerprint density at radius 3 is 2.79 bits per heavy atom. The molecule has 1 rings (SSSR count). The average Bonchev–Trinajstić information content (AvgIpc) is 2.48. The van der Waals surface area contributed by atoms with E-state index in [9.17, 15) is 13.2 Å². The van der Waals surface area contributed by atoms with Gasteiger partial charge < -0.3 is 4.74 Å². The van der Waals surface area contributed by atoms with E-state index in [0.717, 1.165) is 11.3 Å². The summed E-state index contributed by atoms with van der Waals surface area (Å²) in [7, 11) is -2.37. The summed E-state index contributed by atoms with van der Waals surface area (Å²) in [5.74, 6) is -0.889. The Balaban J connectivity index is 3.00. The summed E-state index contributed by atoms with van der Waals surface area (Å²) in [4.78, 5) is 11.4. The average molecular weight is 235 g/mol. The second-order valence-corrected chi connectivity index (χ2v) is 5.10. The zero-order chi connectivity index (χ0) is 10.8. The molecule has 0 spiro atoms. The number of methoxy groups -OCH3 is 1. The molecule has 0 aliphatic heterocycles. The van der Waals surface area contributed by atoms with Gasteiger partial charge in [-0.25, -0.2) is 18.4 Å². The van der Waals surface area contributed by atoms with Crippen LogP contribution in [0.25, 0.3) is 0 Å². The first-order valence-electron chi connectivity index (χ1n) is 3.59. The molecule has 0 aliphatic carbocycles. The minimum atomic E-state index is -3.61. The second-order valence-electron chi connectivity index (χ2n) is 2.57. The van der Waals surface area contributed by atoms with Crippen molar-refractivity contribution in [3.8, 4) is 0 Å². The lowest BCUT2D eigenvalue weighted by atomic mass is 10.3. The van der Waals surface area contributed by atoms with Gasteiger partial charge in [0, 0.05) is 0 Å². The molecule has 1 aromatic heterocycles. The number of thiophene rings is 1. The molecule has 78 valence electrons. The number of carbonyl (C=O) groups excluding carboxylic acids is 1. The van der Waals surface area contributed by atoms with Crippen molar-refractivity contribution in [2.24, 2.45) is 5.14 Å². The molecule has 0 atom stereocenters. The highest BCUT2D eigenvalue weighted by molar-refractivity contribution is 7.88. The van der Waals surface area contributed by atoms with Crippen molar-refractivity contribution in [2.75, 3.05) is 7.11 Å².